The van der Waals surface area contributed by atoms with E-state index in [1.165, 1.54) is 6.07 Å². The van der Waals surface area contributed by atoms with Gasteiger partial charge in [0, 0.05) is 6.54 Å². The highest BCUT2D eigenvalue weighted by Crippen LogP contribution is 2.14. The second kappa shape index (κ2) is 5.75. The first-order valence-corrected chi connectivity index (χ1v) is 6.36. The van der Waals surface area contributed by atoms with Crippen LogP contribution in [0, 0.1) is 17.1 Å². The van der Waals surface area contributed by atoms with Gasteiger partial charge >= 0.3 is 5.97 Å². The fourth-order valence-corrected chi connectivity index (χ4v) is 2.18. The fourth-order valence-electron chi connectivity index (χ4n) is 1.12. The Bertz CT molecular complexity index is 638. The summed E-state index contributed by atoms with van der Waals surface area (Å²) in [5.74, 6) is -2.45. The van der Waals surface area contributed by atoms with Crippen molar-refractivity contribution in [2.75, 3.05) is 6.54 Å². The van der Waals surface area contributed by atoms with Crippen molar-refractivity contribution in [1.82, 2.24) is 4.72 Å². The van der Waals surface area contributed by atoms with Crippen LogP contribution in [0.2, 0.25) is 0 Å². The Kier molecular flexibility index (Phi) is 4.55. The number of benzene rings is 1. The Morgan fingerprint density at radius 2 is 2.16 bits per heavy atom. The quantitative estimate of drug-likeness (QED) is 0.665. The van der Waals surface area contributed by atoms with Gasteiger partial charge in [-0.25, -0.2) is 22.3 Å². The van der Waals surface area contributed by atoms with Crippen LogP contribution >= 0.6 is 0 Å². The summed E-state index contributed by atoms with van der Waals surface area (Å²) in [5, 5.41) is 25.9. The first-order valence-electron chi connectivity index (χ1n) is 4.88. The second-order valence-corrected chi connectivity index (χ2v) is 5.23. The molecule has 0 radical (unpaired) electrons. The molecule has 19 heavy (non-hydrogen) atoms. The summed E-state index contributed by atoms with van der Waals surface area (Å²) in [7, 11) is -4.13. The number of carbonyl (C=O) groups is 1. The molecule has 0 saturated carbocycles. The molecule has 1 aromatic rings. The van der Waals surface area contributed by atoms with E-state index >= 15 is 0 Å². The van der Waals surface area contributed by atoms with Gasteiger partial charge in [0.2, 0.25) is 10.0 Å². The topological polar surface area (TPSA) is 127 Å². The van der Waals surface area contributed by atoms with Crippen molar-refractivity contribution >= 4 is 16.0 Å². The molecule has 0 aliphatic rings. The third-order valence-corrected chi connectivity index (χ3v) is 3.54. The van der Waals surface area contributed by atoms with Crippen LogP contribution in [-0.2, 0) is 14.8 Å². The smallest absolute Gasteiger partial charge is 0.333 e. The summed E-state index contributed by atoms with van der Waals surface area (Å²) in [5.41, 5.74) is -0.457. The maximum atomic E-state index is 13.0. The van der Waals surface area contributed by atoms with Gasteiger partial charge in [-0.15, -0.1) is 0 Å². The van der Waals surface area contributed by atoms with Gasteiger partial charge in [0.1, 0.15) is 11.9 Å². The number of hydrogen-bond donors (Lipinski definition) is 3. The number of sulfonamides is 1. The molecule has 0 bridgehead atoms. The molecule has 0 aromatic heterocycles. The third kappa shape index (κ3) is 3.72. The van der Waals surface area contributed by atoms with Crippen LogP contribution in [0.5, 0.6) is 0 Å². The molecule has 0 spiro atoms. The summed E-state index contributed by atoms with van der Waals surface area (Å²) in [6.07, 6.45) is -1.90. The van der Waals surface area contributed by atoms with E-state index in [0.29, 0.717) is 0 Å². The number of rotatable bonds is 5. The zero-order chi connectivity index (χ0) is 14.6. The lowest BCUT2D eigenvalue weighted by molar-refractivity contribution is -0.146. The predicted octanol–water partition coefficient (Wildman–Crippen LogP) is -0.579. The lowest BCUT2D eigenvalue weighted by atomic mass is 10.2. The van der Waals surface area contributed by atoms with Crippen molar-refractivity contribution < 1.29 is 27.8 Å². The number of aliphatic hydroxyl groups excluding tert-OH is 1. The minimum atomic E-state index is -4.13. The number of hydrogen-bond acceptors (Lipinski definition) is 5. The third-order valence-electron chi connectivity index (χ3n) is 2.12. The van der Waals surface area contributed by atoms with Crippen LogP contribution in [0.3, 0.4) is 0 Å². The molecule has 1 rings (SSSR count). The minimum absolute atomic E-state index is 0.400. The van der Waals surface area contributed by atoms with Gasteiger partial charge in [-0.1, -0.05) is 0 Å². The summed E-state index contributed by atoms with van der Waals surface area (Å²) in [6, 6.07) is 4.02. The molecule has 0 saturated heterocycles. The normalized spacial score (nSPS) is 12.7. The van der Waals surface area contributed by atoms with Crippen LogP contribution in [0.15, 0.2) is 23.1 Å². The van der Waals surface area contributed by atoms with Crippen molar-refractivity contribution in [3.63, 3.8) is 0 Å². The first-order chi connectivity index (χ1) is 8.77. The molecule has 0 aliphatic carbocycles. The molecule has 9 heteroatoms. The minimum Gasteiger partial charge on any atom is -0.479 e. The number of carboxylic acid groups (broad SMARTS) is 1. The van der Waals surface area contributed by atoms with Crippen molar-refractivity contribution in [2.45, 2.75) is 11.0 Å². The highest BCUT2D eigenvalue weighted by Gasteiger charge is 2.20. The number of nitriles is 1. The SMILES string of the molecule is N#Cc1cc(S(=O)(=O)NC[C@H](O)C(=O)O)ccc1F. The summed E-state index contributed by atoms with van der Waals surface area (Å²) < 4.78 is 38.2. The monoisotopic (exact) mass is 288 g/mol. The summed E-state index contributed by atoms with van der Waals surface area (Å²) in [4.78, 5) is 9.92. The Balaban J connectivity index is 2.96. The molecule has 1 atom stereocenters. The fraction of sp³-hybridized carbons (Fsp3) is 0.200. The van der Waals surface area contributed by atoms with Crippen LogP contribution in [0.1, 0.15) is 5.56 Å². The van der Waals surface area contributed by atoms with Crippen LogP contribution in [-0.4, -0.2) is 37.2 Å². The highest BCUT2D eigenvalue weighted by molar-refractivity contribution is 7.89. The van der Waals surface area contributed by atoms with Crippen molar-refractivity contribution in [2.24, 2.45) is 0 Å². The molecule has 102 valence electrons. The summed E-state index contributed by atoms with van der Waals surface area (Å²) >= 11 is 0. The Hall–Kier alpha value is -2.02. The number of aliphatic hydroxyl groups is 1. The number of aliphatic carboxylic acids is 1. The Morgan fingerprint density at radius 1 is 1.53 bits per heavy atom. The number of carboxylic acids is 1. The molecule has 0 aliphatic heterocycles. The zero-order valence-corrected chi connectivity index (χ0v) is 10.2. The molecule has 0 heterocycles. The van der Waals surface area contributed by atoms with Gasteiger partial charge in [-0.2, -0.15) is 5.26 Å². The predicted molar refractivity (Wildman–Crippen MR) is 59.9 cm³/mol. The molecular formula is C10H9FN2O5S. The van der Waals surface area contributed by atoms with Gasteiger partial charge in [0.05, 0.1) is 10.5 Å². The van der Waals surface area contributed by atoms with Crippen molar-refractivity contribution in [1.29, 1.82) is 5.26 Å². The van der Waals surface area contributed by atoms with Crippen LogP contribution in [0.25, 0.3) is 0 Å². The molecule has 7 nitrogen and oxygen atoms in total. The van der Waals surface area contributed by atoms with E-state index in [0.717, 1.165) is 18.2 Å². The van der Waals surface area contributed by atoms with Gasteiger partial charge in [0.25, 0.3) is 0 Å². The molecule has 0 amide bonds. The van der Waals surface area contributed by atoms with Gasteiger partial charge in [-0.05, 0) is 18.2 Å². The maximum absolute atomic E-state index is 13.0. The van der Waals surface area contributed by atoms with E-state index in [4.69, 9.17) is 15.5 Å². The van der Waals surface area contributed by atoms with Crippen molar-refractivity contribution in [3.8, 4) is 6.07 Å². The highest BCUT2D eigenvalue weighted by atomic mass is 32.2. The van der Waals surface area contributed by atoms with Gasteiger partial charge < -0.3 is 10.2 Å². The largest absolute Gasteiger partial charge is 0.479 e. The van der Waals surface area contributed by atoms with E-state index in [-0.39, 0.29) is 0 Å². The Morgan fingerprint density at radius 3 is 2.68 bits per heavy atom. The molecule has 0 unspecified atom stereocenters. The van der Waals surface area contributed by atoms with E-state index in [1.54, 1.807) is 0 Å². The standard InChI is InChI=1S/C10H9FN2O5S/c11-8-2-1-7(3-6(8)4-12)19(17,18)13-5-9(14)10(15)16/h1-3,9,13-14H,5H2,(H,15,16)/t9-/m0/s1. The first kappa shape index (κ1) is 15.0. The van der Waals surface area contributed by atoms with Crippen molar-refractivity contribution in [3.05, 3.63) is 29.6 Å². The number of halogens is 1. The maximum Gasteiger partial charge on any atom is 0.333 e. The molecule has 0 fully saturated rings. The van der Waals surface area contributed by atoms with Crippen LogP contribution < -0.4 is 4.72 Å². The lowest BCUT2D eigenvalue weighted by Crippen LogP contribution is -2.36. The Labute approximate surface area is 108 Å². The van der Waals surface area contributed by atoms with E-state index in [1.807, 2.05) is 4.72 Å². The zero-order valence-electron chi connectivity index (χ0n) is 9.37. The van der Waals surface area contributed by atoms with Crippen LogP contribution in [0.4, 0.5) is 4.39 Å². The molecule has 1 aromatic carbocycles. The molecule has 3 N–H and O–H groups in total. The average Bonchev–Trinajstić information content (AvgIpc) is 2.36. The van der Waals surface area contributed by atoms with E-state index in [9.17, 15) is 17.6 Å². The lowest BCUT2D eigenvalue weighted by Gasteiger charge is -2.09. The average molecular weight is 288 g/mol. The van der Waals surface area contributed by atoms with E-state index in [2.05, 4.69) is 0 Å². The number of nitrogens with one attached hydrogen (secondary N) is 1. The number of nitrogens with zero attached hydrogens (tertiary/aromatic N) is 1. The summed E-state index contributed by atoms with van der Waals surface area (Å²) in [6.45, 7) is -0.739. The van der Waals surface area contributed by atoms with Gasteiger partial charge in [-0.3, -0.25) is 0 Å². The van der Waals surface area contributed by atoms with E-state index < -0.39 is 44.9 Å². The second-order valence-electron chi connectivity index (χ2n) is 3.46. The molecular weight excluding hydrogens is 279 g/mol. The van der Waals surface area contributed by atoms with Gasteiger partial charge in [0.15, 0.2) is 6.10 Å².